The molecule has 49 heavy (non-hydrogen) atoms. The quantitative estimate of drug-likeness (QED) is 0.211. The summed E-state index contributed by atoms with van der Waals surface area (Å²) in [6.07, 6.45) is 16.4. The van der Waals surface area contributed by atoms with Gasteiger partial charge in [0.1, 0.15) is 0 Å². The Morgan fingerprint density at radius 1 is 0.755 bits per heavy atom. The van der Waals surface area contributed by atoms with Gasteiger partial charge in [0.25, 0.3) is 0 Å². The minimum absolute atomic E-state index is 0. The molecule has 9 rings (SSSR count). The minimum atomic E-state index is 0. The third-order valence-corrected chi connectivity index (χ3v) is 12.0. The van der Waals surface area contributed by atoms with Crippen LogP contribution in [0.3, 0.4) is 0 Å². The maximum atomic E-state index is 3.78. The molecule has 4 aromatic carbocycles. The van der Waals surface area contributed by atoms with E-state index in [1.807, 2.05) is 6.07 Å². The standard InChI is InChI=1S/C21H25.C17H23.C8H8.2ClH.Zr/c1-20(2,3)16-9-7-14-11-15-8-10-17(21(4,5)6)13-19(15)18(14)12-16;1-11-3-12(2)16(4-11)17-8-13-5-14(9-17)7-15(6-13)10-17;1-2-8-6-4-3-5-7-8;;;/h7-13H,1-6H3;3,11,13-15H,5-10H2,1-2H3;1,3-7H,2H2;2*1H;/q2*-1;;;;+2/p-2. The Balaban J connectivity index is 0.000000174. The second-order valence-electron chi connectivity index (χ2n) is 17.5. The zero-order chi connectivity index (χ0) is 33.6. The molecule has 3 heteroatoms. The van der Waals surface area contributed by atoms with Crippen LogP contribution in [0.15, 0.2) is 90.0 Å². The van der Waals surface area contributed by atoms with Gasteiger partial charge in [0.15, 0.2) is 0 Å². The fourth-order valence-corrected chi connectivity index (χ4v) is 10.1. The first-order valence-electron chi connectivity index (χ1n) is 18.2. The Kier molecular flexibility index (Phi) is 13.0. The Hall–Kier alpha value is -1.66. The van der Waals surface area contributed by atoms with Crippen molar-refractivity contribution in [3.05, 3.63) is 113 Å². The van der Waals surface area contributed by atoms with Gasteiger partial charge in [-0.3, -0.25) is 6.08 Å². The molecular weight excluding hydrogens is 715 g/mol. The summed E-state index contributed by atoms with van der Waals surface area (Å²) in [5, 5.41) is 5.49. The zero-order valence-corrected chi connectivity index (χ0v) is 35.1. The molecule has 5 aliphatic rings. The van der Waals surface area contributed by atoms with Crippen molar-refractivity contribution in [1.29, 1.82) is 0 Å². The molecule has 4 bridgehead atoms. The molecule has 1 unspecified atom stereocenters. The van der Waals surface area contributed by atoms with Crippen molar-refractivity contribution in [2.24, 2.45) is 29.1 Å². The van der Waals surface area contributed by atoms with Crippen LogP contribution in [-0.2, 0) is 41.5 Å². The van der Waals surface area contributed by atoms with Crippen molar-refractivity contribution in [3.8, 4) is 0 Å². The monoisotopic (exact) mass is 768 g/mol. The Morgan fingerprint density at radius 3 is 1.61 bits per heavy atom. The summed E-state index contributed by atoms with van der Waals surface area (Å²) in [6.45, 7) is 18.3. The summed E-state index contributed by atoms with van der Waals surface area (Å²) in [7, 11) is 0. The molecule has 4 saturated carbocycles. The van der Waals surface area contributed by atoms with Crippen LogP contribution in [0.4, 0.5) is 0 Å². The van der Waals surface area contributed by atoms with E-state index in [0.717, 1.165) is 24.2 Å². The van der Waals surface area contributed by atoms with Crippen LogP contribution in [-0.4, -0.2) is 3.71 Å². The van der Waals surface area contributed by atoms with Crippen molar-refractivity contribution in [1.82, 2.24) is 0 Å². The topological polar surface area (TPSA) is 0 Å². The van der Waals surface area contributed by atoms with Gasteiger partial charge in [-0.25, -0.2) is 11.1 Å². The van der Waals surface area contributed by atoms with E-state index in [9.17, 15) is 0 Å². The Morgan fingerprint density at radius 2 is 1.22 bits per heavy atom. The molecule has 0 radical (unpaired) electrons. The van der Waals surface area contributed by atoms with Gasteiger partial charge in [-0.05, 0) is 72.5 Å². The van der Waals surface area contributed by atoms with E-state index >= 15 is 0 Å². The number of rotatable bonds is 3. The average molecular weight is 771 g/mol. The van der Waals surface area contributed by atoms with E-state index in [0.29, 0.717) is 11.3 Å². The molecule has 0 saturated heterocycles. The fourth-order valence-electron chi connectivity index (χ4n) is 9.49. The summed E-state index contributed by atoms with van der Waals surface area (Å²) < 4.78 is 2.25. The first-order chi connectivity index (χ1) is 22.2. The van der Waals surface area contributed by atoms with Crippen LogP contribution in [0.1, 0.15) is 111 Å². The molecule has 0 amide bonds. The third-order valence-electron chi connectivity index (χ3n) is 11.5. The van der Waals surface area contributed by atoms with E-state index < -0.39 is 0 Å². The molecule has 0 nitrogen and oxygen atoms in total. The van der Waals surface area contributed by atoms with Gasteiger partial charge in [0, 0.05) is 0 Å². The normalized spacial score (nSPS) is 25.3. The van der Waals surface area contributed by atoms with E-state index in [-0.39, 0.29) is 35.6 Å². The summed E-state index contributed by atoms with van der Waals surface area (Å²) in [6, 6.07) is 26.7. The predicted octanol–water partition coefficient (Wildman–Crippen LogP) is 6.42. The summed E-state index contributed by atoms with van der Waals surface area (Å²) in [5.41, 5.74) is 8.38. The Bertz CT molecular complexity index is 1690. The van der Waals surface area contributed by atoms with E-state index in [2.05, 4.69) is 138 Å². The van der Waals surface area contributed by atoms with Crippen molar-refractivity contribution >= 4 is 25.3 Å². The molecule has 4 aromatic rings. The molecular formula is C46H56Cl2Zr-2. The van der Waals surface area contributed by atoms with E-state index in [1.54, 1.807) is 30.4 Å². The summed E-state index contributed by atoms with van der Waals surface area (Å²) >= 11 is 1.51. The van der Waals surface area contributed by atoms with Gasteiger partial charge in [0.05, 0.1) is 0 Å². The molecule has 4 fully saturated rings. The average Bonchev–Trinajstić information content (AvgIpc) is 3.55. The van der Waals surface area contributed by atoms with Crippen LogP contribution in [0.2, 0.25) is 0 Å². The van der Waals surface area contributed by atoms with E-state index in [4.69, 9.17) is 0 Å². The number of benzene rings is 3. The summed E-state index contributed by atoms with van der Waals surface area (Å²) in [5.74, 6) is 3.73. The second-order valence-corrected chi connectivity index (χ2v) is 18.5. The predicted molar refractivity (Wildman–Crippen MR) is 201 cm³/mol. The number of fused-ring (bicyclic) bond motifs is 3. The fraction of sp³-hybridized carbons (Fsp3) is 0.478. The molecule has 0 aliphatic heterocycles. The van der Waals surface area contributed by atoms with Gasteiger partial charge in [-0.15, -0.1) is 46.7 Å². The first-order valence-corrected chi connectivity index (χ1v) is 19.7. The van der Waals surface area contributed by atoms with Crippen LogP contribution < -0.4 is 24.8 Å². The van der Waals surface area contributed by atoms with Gasteiger partial charge in [-0.2, -0.15) is 6.08 Å². The zero-order valence-electron chi connectivity index (χ0n) is 31.1. The number of hydrogen-bond donors (Lipinski definition) is 0. The second kappa shape index (κ2) is 15.9. The molecule has 260 valence electrons. The van der Waals surface area contributed by atoms with Crippen LogP contribution in [0.25, 0.3) is 21.5 Å². The van der Waals surface area contributed by atoms with Crippen molar-refractivity contribution in [2.75, 3.05) is 0 Å². The van der Waals surface area contributed by atoms with Gasteiger partial charge < -0.3 is 24.8 Å². The first kappa shape index (κ1) is 40.1. The SMILES string of the molecule is CC(C)(C)c1ccc2[cH-]c3ccc(C(C)(C)C)cc3c2c1.CC1=CC(C)[C-]=C1C12CC3CC(CC(C3)C1)C2.[Cl-].[Cl-].[Zr+2]=[CH]Cc1ccccc1. The van der Waals surface area contributed by atoms with Crippen molar-refractivity contribution in [3.63, 3.8) is 0 Å². The Labute approximate surface area is 325 Å². The van der Waals surface area contributed by atoms with E-state index in [1.165, 1.54) is 81.7 Å². The van der Waals surface area contributed by atoms with Gasteiger partial charge in [-0.1, -0.05) is 89.8 Å². The number of halogens is 2. The van der Waals surface area contributed by atoms with Crippen molar-refractivity contribution in [2.45, 2.75) is 111 Å². The maximum absolute atomic E-state index is 3.78. The van der Waals surface area contributed by atoms with Crippen LogP contribution in [0.5, 0.6) is 0 Å². The molecule has 0 spiro atoms. The molecule has 0 N–H and O–H groups in total. The van der Waals surface area contributed by atoms with Gasteiger partial charge >= 0.3 is 70.3 Å². The van der Waals surface area contributed by atoms with Crippen LogP contribution >= 0.6 is 0 Å². The number of hydrogen-bond acceptors (Lipinski definition) is 0. The molecule has 0 heterocycles. The van der Waals surface area contributed by atoms with Crippen molar-refractivity contribution < 1.29 is 49.0 Å². The summed E-state index contributed by atoms with van der Waals surface area (Å²) in [4.78, 5) is 0. The molecule has 1 atom stereocenters. The molecule has 5 aliphatic carbocycles. The third kappa shape index (κ3) is 9.05. The van der Waals surface area contributed by atoms with Crippen LogP contribution in [0, 0.1) is 35.2 Å². The number of allylic oxidation sites excluding steroid dienone is 4. The molecule has 0 aromatic heterocycles. The van der Waals surface area contributed by atoms with Gasteiger partial charge in [0.2, 0.25) is 0 Å².